The number of rotatable bonds is 4. The van der Waals surface area contributed by atoms with E-state index in [4.69, 9.17) is 21.7 Å². The van der Waals surface area contributed by atoms with Gasteiger partial charge in [-0.1, -0.05) is 71.4 Å². The van der Waals surface area contributed by atoms with Gasteiger partial charge in [-0.3, -0.25) is 4.90 Å². The average molecular weight is 479 g/mol. The number of benzene rings is 3. The number of fused-ring (bicyclic) bond motifs is 1. The molecule has 174 valence electrons. The average Bonchev–Trinajstić information content (AvgIpc) is 3.54. The first kappa shape index (κ1) is 21.7. The molecule has 0 bridgehead atoms. The number of allylic oxidation sites excluding steroid dienone is 1. The first-order valence-electron chi connectivity index (χ1n) is 12.0. The Labute approximate surface area is 210 Å². The Kier molecular flexibility index (Phi) is 5.46. The monoisotopic (exact) mass is 478 g/mol. The number of nitrogens with one attached hydrogen (secondary N) is 1. The SMILES string of the molecule is CC1=C(c2nc(-c3ccccc3)no2)C(c2ccc(C)cc2)NC(=S)N1c1ccc2c(c1)CCC2. The molecule has 1 aliphatic heterocycles. The number of hydrogen-bond acceptors (Lipinski definition) is 4. The Morgan fingerprint density at radius 1 is 0.943 bits per heavy atom. The summed E-state index contributed by atoms with van der Waals surface area (Å²) in [6.45, 7) is 4.17. The molecule has 0 fully saturated rings. The summed E-state index contributed by atoms with van der Waals surface area (Å²) in [5.74, 6) is 1.06. The van der Waals surface area contributed by atoms with Crippen LogP contribution in [0.25, 0.3) is 17.0 Å². The third-order valence-corrected chi connectivity index (χ3v) is 7.22. The maximum atomic E-state index is 5.92. The van der Waals surface area contributed by atoms with Crippen LogP contribution >= 0.6 is 12.2 Å². The smallest absolute Gasteiger partial charge is 0.258 e. The van der Waals surface area contributed by atoms with E-state index in [-0.39, 0.29) is 6.04 Å². The molecule has 0 amide bonds. The summed E-state index contributed by atoms with van der Waals surface area (Å²) >= 11 is 5.92. The first-order valence-corrected chi connectivity index (χ1v) is 12.4. The van der Waals surface area contributed by atoms with Crippen molar-refractivity contribution in [3.05, 3.63) is 107 Å². The van der Waals surface area contributed by atoms with Crippen molar-refractivity contribution < 1.29 is 4.52 Å². The summed E-state index contributed by atoms with van der Waals surface area (Å²) < 4.78 is 5.87. The fraction of sp³-hybridized carbons (Fsp3) is 0.207. The van der Waals surface area contributed by atoms with Crippen molar-refractivity contribution in [3.63, 3.8) is 0 Å². The maximum Gasteiger partial charge on any atom is 0.258 e. The predicted molar refractivity (Wildman–Crippen MR) is 143 cm³/mol. The van der Waals surface area contributed by atoms with Crippen molar-refractivity contribution in [1.82, 2.24) is 15.5 Å². The molecule has 2 aliphatic rings. The Morgan fingerprint density at radius 2 is 1.71 bits per heavy atom. The molecule has 4 aromatic rings. The molecule has 35 heavy (non-hydrogen) atoms. The van der Waals surface area contributed by atoms with Gasteiger partial charge in [-0.2, -0.15) is 4.98 Å². The molecule has 5 nitrogen and oxygen atoms in total. The van der Waals surface area contributed by atoms with Crippen molar-refractivity contribution in [3.8, 4) is 11.4 Å². The molecule has 1 atom stereocenters. The van der Waals surface area contributed by atoms with E-state index in [2.05, 4.69) is 71.7 Å². The van der Waals surface area contributed by atoms with E-state index in [0.717, 1.165) is 40.9 Å². The van der Waals surface area contributed by atoms with Crippen LogP contribution in [0, 0.1) is 6.92 Å². The zero-order chi connectivity index (χ0) is 23.9. The molecule has 0 spiro atoms. The lowest BCUT2D eigenvalue weighted by atomic mass is 9.94. The quantitative estimate of drug-likeness (QED) is 0.343. The standard InChI is InChI=1S/C29H26N4OS/c1-18-11-13-21(14-12-18)26-25(28-31-27(32-34-28)22-7-4-3-5-8-22)19(2)33(29(35)30-26)24-16-15-20-9-6-10-23(20)17-24/h3-5,7-8,11-17,26H,6,9-10H2,1-2H3,(H,30,35). The van der Waals surface area contributed by atoms with Gasteiger partial charge in [0.15, 0.2) is 5.11 Å². The summed E-state index contributed by atoms with van der Waals surface area (Å²) in [5.41, 5.74) is 9.04. The van der Waals surface area contributed by atoms with Crippen LogP contribution < -0.4 is 10.2 Å². The van der Waals surface area contributed by atoms with Crippen molar-refractivity contribution >= 4 is 28.6 Å². The molecule has 3 aromatic carbocycles. The minimum absolute atomic E-state index is 0.196. The Hall–Kier alpha value is -3.77. The molecule has 0 saturated heterocycles. The van der Waals surface area contributed by atoms with E-state index in [0.29, 0.717) is 16.8 Å². The van der Waals surface area contributed by atoms with Crippen LogP contribution in [0.4, 0.5) is 5.69 Å². The van der Waals surface area contributed by atoms with E-state index in [1.807, 2.05) is 30.3 Å². The zero-order valence-corrected chi connectivity index (χ0v) is 20.6. The van der Waals surface area contributed by atoms with Gasteiger partial charge in [0.05, 0.1) is 11.6 Å². The van der Waals surface area contributed by atoms with Gasteiger partial charge in [0.25, 0.3) is 5.89 Å². The number of aromatic nitrogens is 2. The summed E-state index contributed by atoms with van der Waals surface area (Å²) in [6.07, 6.45) is 3.47. The van der Waals surface area contributed by atoms with E-state index < -0.39 is 0 Å². The molecule has 1 aliphatic carbocycles. The number of thiocarbonyl (C=S) groups is 1. The van der Waals surface area contributed by atoms with Crippen LogP contribution in [0.5, 0.6) is 0 Å². The topological polar surface area (TPSA) is 54.2 Å². The number of hydrogen-bond donors (Lipinski definition) is 1. The van der Waals surface area contributed by atoms with Gasteiger partial charge in [0.2, 0.25) is 5.82 Å². The lowest BCUT2D eigenvalue weighted by molar-refractivity contribution is 0.404. The second kappa shape index (κ2) is 8.78. The second-order valence-electron chi connectivity index (χ2n) is 9.22. The lowest BCUT2D eigenvalue weighted by Crippen LogP contribution is -2.46. The highest BCUT2D eigenvalue weighted by Gasteiger charge is 2.35. The second-order valence-corrected chi connectivity index (χ2v) is 9.61. The van der Waals surface area contributed by atoms with Crippen LogP contribution in [0.3, 0.4) is 0 Å². The summed E-state index contributed by atoms with van der Waals surface area (Å²) in [6, 6.07) is 24.8. The number of nitrogens with zero attached hydrogens (tertiary/aromatic N) is 3. The third-order valence-electron chi connectivity index (χ3n) is 6.92. The van der Waals surface area contributed by atoms with Crippen LogP contribution in [-0.4, -0.2) is 15.3 Å². The van der Waals surface area contributed by atoms with Gasteiger partial charge in [0.1, 0.15) is 0 Å². The van der Waals surface area contributed by atoms with Gasteiger partial charge in [-0.05, 0) is 74.2 Å². The fourth-order valence-electron chi connectivity index (χ4n) is 5.07. The molecular weight excluding hydrogens is 452 g/mol. The number of anilines is 1. The van der Waals surface area contributed by atoms with Gasteiger partial charge < -0.3 is 9.84 Å². The molecule has 0 saturated carbocycles. The molecular formula is C29H26N4OS. The summed E-state index contributed by atoms with van der Waals surface area (Å²) in [7, 11) is 0. The van der Waals surface area contributed by atoms with E-state index >= 15 is 0 Å². The van der Waals surface area contributed by atoms with Crippen molar-refractivity contribution in [2.45, 2.75) is 39.2 Å². The molecule has 0 radical (unpaired) electrons. The van der Waals surface area contributed by atoms with Crippen LogP contribution in [0.2, 0.25) is 0 Å². The van der Waals surface area contributed by atoms with E-state index in [9.17, 15) is 0 Å². The zero-order valence-electron chi connectivity index (χ0n) is 19.8. The van der Waals surface area contributed by atoms with E-state index in [1.165, 1.54) is 23.1 Å². The Bertz CT molecular complexity index is 1440. The highest BCUT2D eigenvalue weighted by Crippen LogP contribution is 2.40. The molecule has 1 unspecified atom stereocenters. The minimum Gasteiger partial charge on any atom is -0.351 e. The fourth-order valence-corrected chi connectivity index (χ4v) is 5.43. The highest BCUT2D eigenvalue weighted by atomic mass is 32.1. The van der Waals surface area contributed by atoms with Gasteiger partial charge in [0, 0.05) is 16.9 Å². The minimum atomic E-state index is -0.196. The third kappa shape index (κ3) is 3.94. The van der Waals surface area contributed by atoms with Crippen molar-refractivity contribution in [2.24, 2.45) is 0 Å². The molecule has 1 aromatic heterocycles. The van der Waals surface area contributed by atoms with Gasteiger partial charge in [-0.25, -0.2) is 0 Å². The molecule has 6 heteroatoms. The number of aryl methyl sites for hydroxylation is 3. The largest absolute Gasteiger partial charge is 0.351 e. The van der Waals surface area contributed by atoms with Crippen LogP contribution in [0.15, 0.2) is 83.0 Å². The normalized spacial score (nSPS) is 17.5. The summed E-state index contributed by atoms with van der Waals surface area (Å²) in [4.78, 5) is 6.91. The molecule has 1 N–H and O–H groups in total. The predicted octanol–water partition coefficient (Wildman–Crippen LogP) is 6.40. The molecule has 2 heterocycles. The van der Waals surface area contributed by atoms with Gasteiger partial charge in [-0.15, -0.1) is 0 Å². The van der Waals surface area contributed by atoms with E-state index in [1.54, 1.807) is 0 Å². The van der Waals surface area contributed by atoms with Crippen molar-refractivity contribution in [1.29, 1.82) is 0 Å². The van der Waals surface area contributed by atoms with Crippen molar-refractivity contribution in [2.75, 3.05) is 4.90 Å². The highest BCUT2D eigenvalue weighted by molar-refractivity contribution is 7.80. The Morgan fingerprint density at radius 3 is 2.51 bits per heavy atom. The maximum absolute atomic E-state index is 5.92. The Balaban J connectivity index is 1.49. The van der Waals surface area contributed by atoms with Crippen LogP contribution in [0.1, 0.15) is 47.5 Å². The summed E-state index contributed by atoms with van der Waals surface area (Å²) in [5, 5.41) is 8.54. The first-order chi connectivity index (χ1) is 17.1. The lowest BCUT2D eigenvalue weighted by Gasteiger charge is -2.37. The molecule has 6 rings (SSSR count). The van der Waals surface area contributed by atoms with Gasteiger partial charge >= 0.3 is 0 Å². The van der Waals surface area contributed by atoms with Crippen LogP contribution in [-0.2, 0) is 12.8 Å².